The van der Waals surface area contributed by atoms with Crippen LogP contribution in [0.1, 0.15) is 267 Å². The first-order valence-electron chi connectivity index (χ1n) is 31.2. The van der Waals surface area contributed by atoms with Crippen molar-refractivity contribution in [3.05, 3.63) is 0 Å². The SMILES string of the molecule is CCCCCCCN(CCCCC(=O)OCC(CCCCC)CCCCC)C(=O)OCCN(CCCN(CC)CC)CCOC(=O)N(CCCCCCC)CCCCC(=O)OCC(CCCCC)CCCCC. The minimum absolute atomic E-state index is 0.130. The third-order valence-corrected chi connectivity index (χ3v) is 14.6. The van der Waals surface area contributed by atoms with Crippen molar-refractivity contribution >= 4 is 24.1 Å². The van der Waals surface area contributed by atoms with Gasteiger partial charge in [-0.15, -0.1) is 0 Å². The summed E-state index contributed by atoms with van der Waals surface area (Å²) in [6.45, 7) is 26.5. The molecule has 0 radical (unpaired) electrons. The average Bonchev–Trinajstić information content (AvgIpc) is 3.39. The highest BCUT2D eigenvalue weighted by Gasteiger charge is 2.20. The number of nitrogens with zero attached hydrogens (tertiary/aromatic N) is 4. The van der Waals surface area contributed by atoms with Gasteiger partial charge in [0.05, 0.1) is 13.2 Å². The summed E-state index contributed by atoms with van der Waals surface area (Å²) in [7, 11) is 0. The largest absolute Gasteiger partial charge is 0.465 e. The van der Waals surface area contributed by atoms with Crippen LogP contribution in [-0.4, -0.2) is 136 Å². The monoisotopic (exact) mass is 1040 g/mol. The molecule has 0 aliphatic rings. The fourth-order valence-electron chi connectivity index (χ4n) is 9.57. The second-order valence-electron chi connectivity index (χ2n) is 21.2. The van der Waals surface area contributed by atoms with Gasteiger partial charge in [0, 0.05) is 52.1 Å². The Morgan fingerprint density at radius 2 is 0.630 bits per heavy atom. The number of carbonyl (C=O) groups excluding carboxylic acids is 4. The van der Waals surface area contributed by atoms with E-state index in [1.807, 2.05) is 9.80 Å². The van der Waals surface area contributed by atoms with Crippen LogP contribution in [0.2, 0.25) is 0 Å². The average molecular weight is 1040 g/mol. The molecule has 0 aliphatic carbocycles. The van der Waals surface area contributed by atoms with Crippen LogP contribution in [0.3, 0.4) is 0 Å². The molecule has 73 heavy (non-hydrogen) atoms. The normalized spacial score (nSPS) is 11.6. The highest BCUT2D eigenvalue weighted by atomic mass is 16.6. The molecule has 0 fully saturated rings. The molecule has 0 saturated heterocycles. The number of amides is 2. The van der Waals surface area contributed by atoms with Gasteiger partial charge in [-0.05, 0) is 109 Å². The van der Waals surface area contributed by atoms with E-state index in [0.29, 0.717) is 90.0 Å². The van der Waals surface area contributed by atoms with Gasteiger partial charge in [-0.2, -0.15) is 0 Å². The van der Waals surface area contributed by atoms with Gasteiger partial charge in [-0.1, -0.05) is 184 Å². The molecule has 432 valence electrons. The van der Waals surface area contributed by atoms with Gasteiger partial charge in [-0.25, -0.2) is 9.59 Å². The molecule has 0 heterocycles. The van der Waals surface area contributed by atoms with Crippen molar-refractivity contribution in [2.75, 3.05) is 91.9 Å². The van der Waals surface area contributed by atoms with Crippen LogP contribution in [-0.2, 0) is 28.5 Å². The number of hydrogen-bond acceptors (Lipinski definition) is 10. The Bertz CT molecular complexity index is 1150. The molecular formula is C61H120N4O8. The van der Waals surface area contributed by atoms with Crippen molar-refractivity contribution in [3.8, 4) is 0 Å². The van der Waals surface area contributed by atoms with E-state index >= 15 is 0 Å². The summed E-state index contributed by atoms with van der Waals surface area (Å²) in [6.07, 6.45) is 33.9. The van der Waals surface area contributed by atoms with Gasteiger partial charge in [0.2, 0.25) is 0 Å². The maximum Gasteiger partial charge on any atom is 0.409 e. The third kappa shape index (κ3) is 43.2. The molecule has 0 spiro atoms. The zero-order valence-corrected chi connectivity index (χ0v) is 49.4. The van der Waals surface area contributed by atoms with E-state index in [-0.39, 0.29) is 37.3 Å². The predicted molar refractivity (Wildman–Crippen MR) is 305 cm³/mol. The zero-order valence-electron chi connectivity index (χ0n) is 49.4. The van der Waals surface area contributed by atoms with Crippen LogP contribution in [0.15, 0.2) is 0 Å². The summed E-state index contributed by atoms with van der Waals surface area (Å²) in [6, 6.07) is 0. The van der Waals surface area contributed by atoms with Crippen molar-refractivity contribution in [3.63, 3.8) is 0 Å². The Hall–Kier alpha value is -2.60. The van der Waals surface area contributed by atoms with Gasteiger partial charge < -0.3 is 33.6 Å². The van der Waals surface area contributed by atoms with Crippen LogP contribution in [0, 0.1) is 11.8 Å². The van der Waals surface area contributed by atoms with E-state index in [2.05, 4.69) is 65.2 Å². The van der Waals surface area contributed by atoms with Gasteiger partial charge in [0.15, 0.2) is 0 Å². The van der Waals surface area contributed by atoms with E-state index in [0.717, 1.165) is 110 Å². The maximum atomic E-state index is 13.6. The topological polar surface area (TPSA) is 118 Å². The lowest BCUT2D eigenvalue weighted by atomic mass is 9.96. The lowest BCUT2D eigenvalue weighted by molar-refractivity contribution is -0.146. The van der Waals surface area contributed by atoms with Crippen LogP contribution < -0.4 is 0 Å². The van der Waals surface area contributed by atoms with E-state index in [4.69, 9.17) is 18.9 Å². The minimum Gasteiger partial charge on any atom is -0.465 e. The van der Waals surface area contributed by atoms with E-state index < -0.39 is 0 Å². The minimum atomic E-state index is -0.300. The summed E-state index contributed by atoms with van der Waals surface area (Å²) in [5, 5.41) is 0. The Labute approximate surface area is 451 Å². The molecule has 2 amide bonds. The second-order valence-corrected chi connectivity index (χ2v) is 21.2. The fraction of sp³-hybridized carbons (Fsp3) is 0.934. The number of unbranched alkanes of at least 4 members (excludes halogenated alkanes) is 18. The quantitative estimate of drug-likeness (QED) is 0.0331. The van der Waals surface area contributed by atoms with Crippen LogP contribution in [0.5, 0.6) is 0 Å². The first-order chi connectivity index (χ1) is 35.6. The van der Waals surface area contributed by atoms with Gasteiger partial charge >= 0.3 is 24.1 Å². The third-order valence-electron chi connectivity index (χ3n) is 14.6. The Morgan fingerprint density at radius 3 is 0.973 bits per heavy atom. The first kappa shape index (κ1) is 70.4. The van der Waals surface area contributed by atoms with Crippen molar-refractivity contribution in [1.29, 1.82) is 0 Å². The lowest BCUT2D eigenvalue weighted by Crippen LogP contribution is -2.39. The summed E-state index contributed by atoms with van der Waals surface area (Å²) < 4.78 is 23.5. The summed E-state index contributed by atoms with van der Waals surface area (Å²) in [5.74, 6) is 0.635. The molecular weight excluding hydrogens is 917 g/mol. The van der Waals surface area contributed by atoms with Crippen LogP contribution in [0.25, 0.3) is 0 Å². The Morgan fingerprint density at radius 1 is 0.315 bits per heavy atom. The molecule has 0 bridgehead atoms. The predicted octanol–water partition coefficient (Wildman–Crippen LogP) is 15.8. The molecule has 0 unspecified atom stereocenters. The van der Waals surface area contributed by atoms with Crippen LogP contribution in [0.4, 0.5) is 9.59 Å². The first-order valence-corrected chi connectivity index (χ1v) is 31.2. The summed E-state index contributed by atoms with van der Waals surface area (Å²) in [5.41, 5.74) is 0. The maximum absolute atomic E-state index is 13.6. The molecule has 0 saturated carbocycles. The molecule has 0 aromatic rings. The molecule has 0 rings (SSSR count). The Kier molecular flexibility index (Phi) is 50.9. The Balaban J connectivity index is 5.46. The molecule has 0 atom stereocenters. The molecule has 0 aliphatic heterocycles. The lowest BCUT2D eigenvalue weighted by Gasteiger charge is -2.27. The van der Waals surface area contributed by atoms with Crippen LogP contribution >= 0.6 is 0 Å². The summed E-state index contributed by atoms with van der Waals surface area (Å²) >= 11 is 0. The number of ether oxygens (including phenoxy) is 4. The molecule has 0 aromatic carbocycles. The number of rotatable bonds is 54. The van der Waals surface area contributed by atoms with Gasteiger partial charge in [0.1, 0.15) is 13.2 Å². The smallest absolute Gasteiger partial charge is 0.409 e. The molecule has 0 N–H and O–H groups in total. The molecule has 12 heteroatoms. The summed E-state index contributed by atoms with van der Waals surface area (Å²) in [4.78, 5) is 61.3. The highest BCUT2D eigenvalue weighted by Crippen LogP contribution is 2.20. The van der Waals surface area contributed by atoms with Crippen molar-refractivity contribution in [1.82, 2.24) is 19.6 Å². The second kappa shape index (κ2) is 52.8. The molecule has 0 aromatic heterocycles. The number of esters is 2. The van der Waals surface area contributed by atoms with Gasteiger partial charge in [0.25, 0.3) is 0 Å². The number of hydrogen-bond donors (Lipinski definition) is 0. The highest BCUT2D eigenvalue weighted by molar-refractivity contribution is 5.70. The van der Waals surface area contributed by atoms with Crippen molar-refractivity contribution < 1.29 is 38.1 Å². The van der Waals surface area contributed by atoms with Crippen molar-refractivity contribution in [2.45, 2.75) is 267 Å². The zero-order chi connectivity index (χ0) is 53.8. The van der Waals surface area contributed by atoms with E-state index in [9.17, 15) is 19.2 Å². The van der Waals surface area contributed by atoms with Gasteiger partial charge in [-0.3, -0.25) is 14.5 Å². The van der Waals surface area contributed by atoms with E-state index in [1.54, 1.807) is 0 Å². The standard InChI is InChI=1S/C61H120N4O8/c1-9-17-23-25-33-46-64(48-35-31-42-58(66)72-54-56(38-27-19-11-3)39-28-20-12-4)60(68)70-52-50-63(45-37-44-62(15-7)16-8)51-53-71-61(69)65(47-34-26-24-18-10-2)49-36-32-43-59(67)73-55-57(40-29-21-13-5)41-30-22-14-6/h56-57H,9-55H2,1-8H3. The fourth-order valence-corrected chi connectivity index (χ4v) is 9.57. The number of carbonyl (C=O) groups is 4. The van der Waals surface area contributed by atoms with E-state index in [1.165, 1.54) is 103 Å². The van der Waals surface area contributed by atoms with Crippen molar-refractivity contribution in [2.24, 2.45) is 11.8 Å². The molecule has 12 nitrogen and oxygen atoms in total.